The Kier molecular flexibility index (Phi) is 16.5. The van der Waals surface area contributed by atoms with Gasteiger partial charge in [-0.3, -0.25) is 9.59 Å². The van der Waals surface area contributed by atoms with Gasteiger partial charge in [-0.2, -0.15) is 0 Å². The van der Waals surface area contributed by atoms with Gasteiger partial charge >= 0.3 is 41.5 Å². The number of carboxylic acid groups (broad SMARTS) is 1. The van der Waals surface area contributed by atoms with Crippen molar-refractivity contribution in [2.45, 2.75) is 37.8 Å². The van der Waals surface area contributed by atoms with E-state index < -0.39 is 58.9 Å². The van der Waals surface area contributed by atoms with E-state index in [1.165, 1.54) is 7.11 Å². The number of aliphatic carboxylic acids is 1. The van der Waals surface area contributed by atoms with Gasteiger partial charge in [0.25, 0.3) is 0 Å². The van der Waals surface area contributed by atoms with Crippen molar-refractivity contribution < 1.29 is 80.8 Å². The molecule has 0 aliphatic heterocycles. The molecule has 7 nitrogen and oxygen atoms in total. The Balaban J connectivity index is 0. The summed E-state index contributed by atoms with van der Waals surface area (Å²) >= 11 is 0. The number of ether oxygens (including phenoxy) is 1. The minimum atomic E-state index is -1.28. The van der Waals surface area contributed by atoms with Gasteiger partial charge in [0.15, 0.2) is 23.3 Å². The molecule has 0 heterocycles. The minimum absolute atomic E-state index is 0. The van der Waals surface area contributed by atoms with Crippen molar-refractivity contribution in [2.24, 2.45) is 11.5 Å². The normalized spacial score (nSPS) is 11.7. The number of benzene rings is 2. The molecule has 6 N–H and O–H groups in total. The SMILES string of the molecule is COC(=O)CC(N)Cc1cc(F)c(F)cc1F.NC(CC(=O)O)Cc1cc(F)c(F)cc1F.[Na+].[OH-]. The molecule has 14 heteroatoms. The van der Waals surface area contributed by atoms with Crippen LogP contribution in [0.1, 0.15) is 24.0 Å². The van der Waals surface area contributed by atoms with E-state index >= 15 is 0 Å². The second-order valence-corrected chi connectivity index (χ2v) is 7.02. The molecule has 35 heavy (non-hydrogen) atoms. The first-order chi connectivity index (χ1) is 15.3. The van der Waals surface area contributed by atoms with Crippen LogP contribution in [0.25, 0.3) is 0 Å². The molecule has 0 aromatic heterocycles. The first-order valence-corrected chi connectivity index (χ1v) is 9.40. The Bertz CT molecular complexity index is 999. The maximum Gasteiger partial charge on any atom is 1.00 e. The topological polar surface area (TPSA) is 146 Å². The van der Waals surface area contributed by atoms with Crippen LogP contribution < -0.4 is 41.0 Å². The third-order valence-corrected chi connectivity index (χ3v) is 4.24. The minimum Gasteiger partial charge on any atom is -0.870 e. The van der Waals surface area contributed by atoms with E-state index in [0.717, 1.165) is 6.07 Å². The van der Waals surface area contributed by atoms with E-state index in [2.05, 4.69) is 4.74 Å². The number of carbonyl (C=O) groups is 2. The summed E-state index contributed by atoms with van der Waals surface area (Å²) in [6.45, 7) is 0. The Morgan fingerprint density at radius 1 is 0.771 bits per heavy atom. The van der Waals surface area contributed by atoms with Gasteiger partial charge in [0.05, 0.1) is 20.0 Å². The fourth-order valence-corrected chi connectivity index (χ4v) is 2.67. The zero-order valence-corrected chi connectivity index (χ0v) is 20.8. The monoisotopic (exact) mass is 520 g/mol. The largest absolute Gasteiger partial charge is 1.00 e. The molecule has 0 saturated carbocycles. The maximum absolute atomic E-state index is 13.2. The predicted octanol–water partition coefficient (Wildman–Crippen LogP) is -0.188. The van der Waals surface area contributed by atoms with Gasteiger partial charge in [-0.25, -0.2) is 26.3 Å². The molecule has 2 unspecified atom stereocenters. The first kappa shape index (κ1) is 35.0. The Morgan fingerprint density at radius 2 is 1.11 bits per heavy atom. The number of nitrogens with two attached hydrogens (primary N) is 2. The van der Waals surface area contributed by atoms with Gasteiger partial charge in [-0.05, 0) is 36.1 Å². The quantitative estimate of drug-likeness (QED) is 0.189. The molecule has 0 aliphatic carbocycles. The van der Waals surface area contributed by atoms with Crippen molar-refractivity contribution in [2.75, 3.05) is 7.11 Å². The van der Waals surface area contributed by atoms with Crippen LogP contribution in [0.2, 0.25) is 0 Å². The van der Waals surface area contributed by atoms with Gasteiger partial charge in [0, 0.05) is 24.2 Å². The molecule has 190 valence electrons. The summed E-state index contributed by atoms with van der Waals surface area (Å²) in [5.41, 5.74) is 10.8. The van der Waals surface area contributed by atoms with E-state index in [4.69, 9.17) is 16.6 Å². The zero-order valence-electron chi connectivity index (χ0n) is 18.8. The second-order valence-electron chi connectivity index (χ2n) is 7.02. The van der Waals surface area contributed by atoms with Crippen molar-refractivity contribution in [3.63, 3.8) is 0 Å². The summed E-state index contributed by atoms with van der Waals surface area (Å²) in [5.74, 6) is -8.36. The van der Waals surface area contributed by atoms with Crippen LogP contribution in [0, 0.1) is 34.9 Å². The number of halogens is 6. The summed E-state index contributed by atoms with van der Waals surface area (Å²) in [7, 11) is 1.20. The molecule has 2 rings (SSSR count). The van der Waals surface area contributed by atoms with Crippen LogP contribution >= 0.6 is 0 Å². The number of rotatable bonds is 8. The number of carbonyl (C=O) groups excluding carboxylic acids is 1. The molecule has 2 atom stereocenters. The molecule has 0 aliphatic rings. The molecular weight excluding hydrogens is 497 g/mol. The van der Waals surface area contributed by atoms with Crippen molar-refractivity contribution in [3.05, 3.63) is 70.3 Å². The van der Waals surface area contributed by atoms with Gasteiger partial charge in [0.2, 0.25) is 0 Å². The summed E-state index contributed by atoms with van der Waals surface area (Å²) in [5, 5.41) is 8.42. The van der Waals surface area contributed by atoms with Crippen LogP contribution in [-0.2, 0) is 27.2 Å². The van der Waals surface area contributed by atoms with Crippen molar-refractivity contribution >= 4 is 11.9 Å². The second kappa shape index (κ2) is 16.5. The van der Waals surface area contributed by atoms with Crippen molar-refractivity contribution in [1.82, 2.24) is 0 Å². The molecule has 0 fully saturated rings. The average molecular weight is 520 g/mol. The van der Waals surface area contributed by atoms with Gasteiger partial charge < -0.3 is 26.8 Å². The molecule has 2 aromatic rings. The fraction of sp³-hybridized carbons (Fsp3) is 0.333. The van der Waals surface area contributed by atoms with E-state index in [9.17, 15) is 35.9 Å². The van der Waals surface area contributed by atoms with Crippen molar-refractivity contribution in [1.29, 1.82) is 0 Å². The molecule has 0 bridgehead atoms. The van der Waals surface area contributed by atoms with Gasteiger partial charge in [-0.15, -0.1) is 0 Å². The third kappa shape index (κ3) is 12.4. The molecule has 0 spiro atoms. The average Bonchev–Trinajstić information content (AvgIpc) is 2.70. The predicted molar refractivity (Wildman–Crippen MR) is 107 cm³/mol. The van der Waals surface area contributed by atoms with Crippen LogP contribution in [0.5, 0.6) is 0 Å². The number of hydrogen-bond acceptors (Lipinski definition) is 6. The molecule has 0 amide bonds. The molecule has 2 aromatic carbocycles. The van der Waals surface area contributed by atoms with Crippen LogP contribution in [0.4, 0.5) is 26.3 Å². The van der Waals surface area contributed by atoms with E-state index in [-0.39, 0.29) is 71.8 Å². The zero-order chi connectivity index (χ0) is 25.3. The van der Waals surface area contributed by atoms with E-state index in [1.807, 2.05) is 0 Å². The molecule has 0 saturated heterocycles. The summed E-state index contributed by atoms with van der Waals surface area (Å²) < 4.78 is 81.6. The summed E-state index contributed by atoms with van der Waals surface area (Å²) in [6.07, 6.45) is -0.708. The number of esters is 1. The van der Waals surface area contributed by atoms with Crippen molar-refractivity contribution in [3.8, 4) is 0 Å². The Labute approximate surface area is 219 Å². The fourth-order valence-electron chi connectivity index (χ4n) is 2.67. The van der Waals surface area contributed by atoms with E-state index in [0.29, 0.717) is 18.2 Å². The van der Waals surface area contributed by atoms with Crippen LogP contribution in [0.3, 0.4) is 0 Å². The Morgan fingerprint density at radius 3 is 1.46 bits per heavy atom. The standard InChI is InChI=1S/C11H12F3NO2.C10H10F3NO2.Na.H2O/c1-17-11(16)4-7(15)2-6-3-9(13)10(14)5-8(6)12;11-7-4-9(13)8(12)2-5(7)1-6(14)3-10(15)16;;/h3,5,7H,2,4,15H2,1H3;2,4,6H,1,3,14H2,(H,15,16);;1H2/q;;+1;/p-1. The number of methoxy groups -OCH3 is 1. The maximum atomic E-state index is 13.2. The van der Waals surface area contributed by atoms with E-state index in [1.54, 1.807) is 0 Å². The smallest absolute Gasteiger partial charge is 0.870 e. The third-order valence-electron chi connectivity index (χ3n) is 4.24. The molecule has 0 radical (unpaired) electrons. The first-order valence-electron chi connectivity index (χ1n) is 9.40. The van der Waals surface area contributed by atoms with Crippen LogP contribution in [0.15, 0.2) is 24.3 Å². The summed E-state index contributed by atoms with van der Waals surface area (Å²) in [4.78, 5) is 21.2. The molecular formula is C21H23F6N2NaO5. The van der Waals surface area contributed by atoms with Gasteiger partial charge in [-0.1, -0.05) is 0 Å². The van der Waals surface area contributed by atoms with Crippen LogP contribution in [-0.4, -0.2) is 41.7 Å². The Hall–Kier alpha value is -2.16. The summed E-state index contributed by atoms with van der Waals surface area (Å²) in [6, 6.07) is 0.751. The number of hydrogen-bond donors (Lipinski definition) is 3. The van der Waals surface area contributed by atoms with Gasteiger partial charge in [0.1, 0.15) is 11.6 Å². The number of carboxylic acids is 1.